The summed E-state index contributed by atoms with van der Waals surface area (Å²) < 4.78 is 5.21. The van der Waals surface area contributed by atoms with Crippen LogP contribution in [-0.2, 0) is 0 Å². The van der Waals surface area contributed by atoms with Gasteiger partial charge in [-0.2, -0.15) is 0 Å². The Balaban J connectivity index is 2.51. The van der Waals surface area contributed by atoms with Crippen molar-refractivity contribution in [3.05, 3.63) is 42.4 Å². The molecule has 4 nitrogen and oxygen atoms in total. The van der Waals surface area contributed by atoms with Gasteiger partial charge < -0.3 is 9.32 Å². The van der Waals surface area contributed by atoms with Gasteiger partial charge in [0.05, 0.1) is 11.8 Å². The number of carbonyl (C=O) groups excluding carboxylic acids is 1. The minimum atomic E-state index is -0.0491. The highest BCUT2D eigenvalue weighted by molar-refractivity contribution is 5.99. The van der Waals surface area contributed by atoms with Gasteiger partial charge in [-0.3, -0.25) is 4.79 Å². The molecule has 1 amide bonds. The average molecular weight is 216 g/mol. The van der Waals surface area contributed by atoms with Crippen molar-refractivity contribution in [2.75, 3.05) is 14.1 Å². The molecule has 0 N–H and O–H groups in total. The maximum atomic E-state index is 11.9. The first-order valence-corrected chi connectivity index (χ1v) is 4.89. The first kappa shape index (κ1) is 10.4. The van der Waals surface area contributed by atoms with E-state index < -0.39 is 0 Å². The highest BCUT2D eigenvalue weighted by Crippen LogP contribution is 2.23. The van der Waals surface area contributed by atoms with E-state index in [1.807, 2.05) is 18.2 Å². The van der Waals surface area contributed by atoms with Crippen LogP contribution in [0.2, 0.25) is 0 Å². The van der Waals surface area contributed by atoms with E-state index in [1.54, 1.807) is 26.4 Å². The van der Waals surface area contributed by atoms with Gasteiger partial charge in [0.2, 0.25) is 0 Å². The second-order valence-electron chi connectivity index (χ2n) is 3.61. The van der Waals surface area contributed by atoms with Crippen LogP contribution in [-0.4, -0.2) is 29.9 Å². The Bertz CT molecular complexity index is 489. The molecule has 0 atom stereocenters. The van der Waals surface area contributed by atoms with Crippen LogP contribution in [0.15, 0.2) is 41.3 Å². The fourth-order valence-corrected chi connectivity index (χ4v) is 1.47. The quantitative estimate of drug-likeness (QED) is 0.771. The van der Waals surface area contributed by atoms with Crippen LogP contribution >= 0.6 is 0 Å². The zero-order chi connectivity index (χ0) is 11.5. The summed E-state index contributed by atoms with van der Waals surface area (Å²) in [6.07, 6.45) is 2.95. The molecule has 82 valence electrons. The molecule has 0 aliphatic carbocycles. The number of nitrogens with zero attached hydrogens (tertiary/aromatic N) is 2. The Labute approximate surface area is 93.5 Å². The van der Waals surface area contributed by atoms with E-state index in [1.165, 1.54) is 11.3 Å². The van der Waals surface area contributed by atoms with Gasteiger partial charge in [0, 0.05) is 19.7 Å². The Kier molecular flexibility index (Phi) is 2.72. The van der Waals surface area contributed by atoms with E-state index in [4.69, 9.17) is 4.42 Å². The maximum absolute atomic E-state index is 11.9. The van der Waals surface area contributed by atoms with Crippen LogP contribution in [0.1, 0.15) is 10.4 Å². The summed E-state index contributed by atoms with van der Waals surface area (Å²) in [5, 5.41) is 0. The normalized spacial score (nSPS) is 10.1. The summed E-state index contributed by atoms with van der Waals surface area (Å²) in [5.41, 5.74) is 1.38. The largest absolute Gasteiger partial charge is 0.443 e. The van der Waals surface area contributed by atoms with Gasteiger partial charge >= 0.3 is 0 Å². The van der Waals surface area contributed by atoms with E-state index >= 15 is 0 Å². The van der Waals surface area contributed by atoms with Crippen molar-refractivity contribution in [2.24, 2.45) is 0 Å². The molecule has 0 unspecified atom stereocenters. The van der Waals surface area contributed by atoms with Crippen molar-refractivity contribution < 1.29 is 9.21 Å². The summed E-state index contributed by atoms with van der Waals surface area (Å²) in [6, 6.07) is 7.32. The average Bonchev–Trinajstić information content (AvgIpc) is 2.81. The van der Waals surface area contributed by atoms with Crippen LogP contribution < -0.4 is 0 Å². The van der Waals surface area contributed by atoms with E-state index in [0.29, 0.717) is 11.3 Å². The van der Waals surface area contributed by atoms with Gasteiger partial charge in [-0.1, -0.05) is 18.2 Å². The lowest BCUT2D eigenvalue weighted by atomic mass is 10.0. The van der Waals surface area contributed by atoms with Crippen molar-refractivity contribution in [3.63, 3.8) is 0 Å². The molecule has 0 fully saturated rings. The number of rotatable bonds is 2. The molecule has 2 aromatic rings. The topological polar surface area (TPSA) is 46.3 Å². The lowest BCUT2D eigenvalue weighted by Crippen LogP contribution is -2.22. The summed E-state index contributed by atoms with van der Waals surface area (Å²) >= 11 is 0. The van der Waals surface area contributed by atoms with Gasteiger partial charge in [0.1, 0.15) is 0 Å². The molecule has 16 heavy (non-hydrogen) atoms. The standard InChI is InChI=1S/C12H12N2O2/c1-14(2)12(15)10-6-4-3-5-9(10)11-7-13-8-16-11/h3-8H,1-2H3. The van der Waals surface area contributed by atoms with E-state index in [9.17, 15) is 4.79 Å². The molecule has 1 aromatic carbocycles. The Hall–Kier alpha value is -2.10. The van der Waals surface area contributed by atoms with Gasteiger partial charge in [-0.25, -0.2) is 4.98 Å². The first-order valence-electron chi connectivity index (χ1n) is 4.89. The smallest absolute Gasteiger partial charge is 0.254 e. The fourth-order valence-electron chi connectivity index (χ4n) is 1.47. The summed E-state index contributed by atoms with van der Waals surface area (Å²) in [5.74, 6) is 0.554. The minimum Gasteiger partial charge on any atom is -0.443 e. The van der Waals surface area contributed by atoms with E-state index in [2.05, 4.69) is 4.98 Å². The third-order valence-electron chi connectivity index (χ3n) is 2.26. The summed E-state index contributed by atoms with van der Waals surface area (Å²) in [7, 11) is 3.44. The molecule has 0 radical (unpaired) electrons. The van der Waals surface area contributed by atoms with Crippen molar-refractivity contribution >= 4 is 5.91 Å². The molecule has 1 aromatic heterocycles. The van der Waals surface area contributed by atoms with Crippen LogP contribution in [0.5, 0.6) is 0 Å². The lowest BCUT2D eigenvalue weighted by molar-refractivity contribution is 0.0828. The van der Waals surface area contributed by atoms with Crippen molar-refractivity contribution in [3.8, 4) is 11.3 Å². The fraction of sp³-hybridized carbons (Fsp3) is 0.167. The minimum absolute atomic E-state index is 0.0491. The molecule has 0 saturated carbocycles. The lowest BCUT2D eigenvalue weighted by Gasteiger charge is -2.12. The molecule has 1 heterocycles. The molecule has 0 bridgehead atoms. The molecule has 0 spiro atoms. The summed E-state index contributed by atoms with van der Waals surface area (Å²) in [4.78, 5) is 17.3. The number of benzene rings is 1. The number of oxazole rings is 1. The van der Waals surface area contributed by atoms with Crippen LogP contribution in [0.3, 0.4) is 0 Å². The third kappa shape index (κ3) is 1.82. The molecular formula is C12H12N2O2. The number of carbonyl (C=O) groups is 1. The molecular weight excluding hydrogens is 204 g/mol. The zero-order valence-electron chi connectivity index (χ0n) is 9.18. The van der Waals surface area contributed by atoms with E-state index in [0.717, 1.165) is 5.56 Å². The predicted molar refractivity (Wildman–Crippen MR) is 60.0 cm³/mol. The monoisotopic (exact) mass is 216 g/mol. The van der Waals surface area contributed by atoms with Gasteiger partial charge in [0.15, 0.2) is 12.2 Å². The number of amides is 1. The van der Waals surface area contributed by atoms with E-state index in [-0.39, 0.29) is 5.91 Å². The van der Waals surface area contributed by atoms with Crippen LogP contribution in [0.4, 0.5) is 0 Å². The van der Waals surface area contributed by atoms with Gasteiger partial charge in [0.25, 0.3) is 5.91 Å². The maximum Gasteiger partial charge on any atom is 0.254 e. The highest BCUT2D eigenvalue weighted by Gasteiger charge is 2.15. The van der Waals surface area contributed by atoms with Crippen molar-refractivity contribution in [1.29, 1.82) is 0 Å². The van der Waals surface area contributed by atoms with Gasteiger partial charge in [-0.15, -0.1) is 0 Å². The van der Waals surface area contributed by atoms with Gasteiger partial charge in [-0.05, 0) is 6.07 Å². The molecule has 2 rings (SSSR count). The SMILES string of the molecule is CN(C)C(=O)c1ccccc1-c1cnco1. The summed E-state index contributed by atoms with van der Waals surface area (Å²) in [6.45, 7) is 0. The Morgan fingerprint density at radius 2 is 2.06 bits per heavy atom. The predicted octanol–water partition coefficient (Wildman–Crippen LogP) is 2.04. The van der Waals surface area contributed by atoms with Crippen LogP contribution in [0.25, 0.3) is 11.3 Å². The first-order chi connectivity index (χ1) is 7.70. The molecule has 0 saturated heterocycles. The number of hydrogen-bond donors (Lipinski definition) is 0. The highest BCUT2D eigenvalue weighted by atomic mass is 16.3. The van der Waals surface area contributed by atoms with Crippen molar-refractivity contribution in [2.45, 2.75) is 0 Å². The second kappa shape index (κ2) is 4.18. The Morgan fingerprint density at radius 1 is 1.31 bits per heavy atom. The van der Waals surface area contributed by atoms with Crippen LogP contribution in [0, 0.1) is 0 Å². The Morgan fingerprint density at radius 3 is 2.69 bits per heavy atom. The zero-order valence-corrected chi connectivity index (χ0v) is 9.18. The molecule has 0 aliphatic rings. The number of hydrogen-bond acceptors (Lipinski definition) is 3. The third-order valence-corrected chi connectivity index (χ3v) is 2.26. The van der Waals surface area contributed by atoms with Crippen molar-refractivity contribution in [1.82, 2.24) is 9.88 Å². The number of aromatic nitrogens is 1. The molecule has 4 heteroatoms. The second-order valence-corrected chi connectivity index (χ2v) is 3.61. The molecule has 0 aliphatic heterocycles.